The molecule has 3 aromatic carbocycles. The molecule has 4 nitrogen and oxygen atoms in total. The van der Waals surface area contributed by atoms with E-state index in [4.69, 9.17) is 4.74 Å². The van der Waals surface area contributed by atoms with Crippen molar-refractivity contribution in [1.29, 1.82) is 0 Å². The van der Waals surface area contributed by atoms with Gasteiger partial charge in [-0.3, -0.25) is 4.79 Å². The van der Waals surface area contributed by atoms with Gasteiger partial charge >= 0.3 is 0 Å². The Morgan fingerprint density at radius 2 is 1.69 bits per heavy atom. The average Bonchev–Trinajstić information content (AvgIpc) is 2.75. The molecule has 0 aromatic heterocycles. The number of nitrogens with one attached hydrogen (secondary N) is 1. The van der Waals surface area contributed by atoms with E-state index in [9.17, 15) is 4.79 Å². The SMILES string of the molecule is C=C(C)COc1ccc(C2Nc3ccccc3C(=O)N2Cc2ccccc2)cc1. The number of carbonyl (C=O) groups is 1. The summed E-state index contributed by atoms with van der Waals surface area (Å²) in [5.41, 5.74) is 4.62. The molecule has 29 heavy (non-hydrogen) atoms. The van der Waals surface area contributed by atoms with Crippen LogP contribution >= 0.6 is 0 Å². The summed E-state index contributed by atoms with van der Waals surface area (Å²) in [6, 6.07) is 25.6. The molecule has 0 saturated carbocycles. The highest BCUT2D eigenvalue weighted by Crippen LogP contribution is 2.34. The minimum atomic E-state index is -0.257. The zero-order chi connectivity index (χ0) is 20.2. The summed E-state index contributed by atoms with van der Waals surface area (Å²) in [6.45, 7) is 6.82. The number of benzene rings is 3. The summed E-state index contributed by atoms with van der Waals surface area (Å²) >= 11 is 0. The van der Waals surface area contributed by atoms with E-state index in [2.05, 4.69) is 11.9 Å². The predicted molar refractivity (Wildman–Crippen MR) is 116 cm³/mol. The Balaban J connectivity index is 1.65. The number of rotatable bonds is 6. The van der Waals surface area contributed by atoms with E-state index in [-0.39, 0.29) is 12.1 Å². The Morgan fingerprint density at radius 1 is 1.00 bits per heavy atom. The monoisotopic (exact) mass is 384 g/mol. The lowest BCUT2D eigenvalue weighted by molar-refractivity contribution is 0.0666. The van der Waals surface area contributed by atoms with Crippen molar-refractivity contribution in [1.82, 2.24) is 4.90 Å². The average molecular weight is 384 g/mol. The van der Waals surface area contributed by atoms with Crippen molar-refractivity contribution in [2.24, 2.45) is 0 Å². The van der Waals surface area contributed by atoms with Crippen LogP contribution in [0.15, 0.2) is 91.0 Å². The van der Waals surface area contributed by atoms with Crippen molar-refractivity contribution in [3.63, 3.8) is 0 Å². The van der Waals surface area contributed by atoms with Crippen molar-refractivity contribution < 1.29 is 9.53 Å². The van der Waals surface area contributed by atoms with Crippen LogP contribution in [0.5, 0.6) is 5.75 Å². The van der Waals surface area contributed by atoms with Crippen molar-refractivity contribution >= 4 is 11.6 Å². The van der Waals surface area contributed by atoms with Gasteiger partial charge in [0.2, 0.25) is 0 Å². The summed E-state index contributed by atoms with van der Waals surface area (Å²) in [4.78, 5) is 15.2. The third-order valence-corrected chi connectivity index (χ3v) is 4.90. The number of anilines is 1. The Labute approximate surface area is 171 Å². The topological polar surface area (TPSA) is 41.6 Å². The van der Waals surface area contributed by atoms with E-state index in [1.165, 1.54) is 0 Å². The molecule has 0 radical (unpaired) electrons. The van der Waals surface area contributed by atoms with Gasteiger partial charge in [-0.2, -0.15) is 0 Å². The second kappa shape index (κ2) is 8.23. The molecule has 1 N–H and O–H groups in total. The van der Waals surface area contributed by atoms with Gasteiger partial charge in [0.05, 0.1) is 5.56 Å². The van der Waals surface area contributed by atoms with Crippen molar-refractivity contribution in [2.75, 3.05) is 11.9 Å². The Hall–Kier alpha value is -3.53. The maximum absolute atomic E-state index is 13.3. The number of para-hydroxylation sites is 1. The number of nitrogens with zero attached hydrogens (tertiary/aromatic N) is 1. The first-order chi connectivity index (χ1) is 14.1. The molecule has 0 bridgehead atoms. The summed E-state index contributed by atoms with van der Waals surface area (Å²) in [7, 11) is 0. The molecular formula is C25H24N2O2. The van der Waals surface area contributed by atoms with E-state index in [0.717, 1.165) is 28.1 Å². The third kappa shape index (κ3) is 4.16. The first-order valence-corrected chi connectivity index (χ1v) is 9.69. The summed E-state index contributed by atoms with van der Waals surface area (Å²) in [5, 5.41) is 3.53. The largest absolute Gasteiger partial charge is 0.489 e. The molecule has 1 atom stereocenters. The van der Waals surface area contributed by atoms with Crippen LogP contribution in [-0.4, -0.2) is 17.4 Å². The minimum absolute atomic E-state index is 0.0239. The van der Waals surface area contributed by atoms with Crippen LogP contribution in [0.3, 0.4) is 0 Å². The molecule has 4 heteroatoms. The molecule has 1 heterocycles. The molecule has 1 amide bonds. The highest BCUT2D eigenvalue weighted by molar-refractivity contribution is 6.01. The zero-order valence-corrected chi connectivity index (χ0v) is 16.5. The fraction of sp³-hybridized carbons (Fsp3) is 0.160. The standard InChI is InChI=1S/C25H24N2O2/c1-18(2)17-29-21-14-12-20(13-15-21)24-26-23-11-7-6-10-22(23)25(28)27(24)16-19-8-4-3-5-9-19/h3-15,24,26H,1,16-17H2,2H3. The molecule has 146 valence electrons. The van der Waals surface area contributed by atoms with Gasteiger partial charge in [-0.1, -0.05) is 61.2 Å². The molecule has 0 spiro atoms. The van der Waals surface area contributed by atoms with Crippen LogP contribution in [0.2, 0.25) is 0 Å². The van der Waals surface area contributed by atoms with Crippen molar-refractivity contribution in [2.45, 2.75) is 19.6 Å². The molecule has 1 aliphatic rings. The lowest BCUT2D eigenvalue weighted by Gasteiger charge is -2.38. The van der Waals surface area contributed by atoms with Crippen molar-refractivity contribution in [3.8, 4) is 5.75 Å². The molecular weight excluding hydrogens is 360 g/mol. The van der Waals surface area contributed by atoms with Gasteiger partial charge in [0.25, 0.3) is 5.91 Å². The summed E-state index contributed by atoms with van der Waals surface area (Å²) < 4.78 is 5.71. The molecule has 4 rings (SSSR count). The number of amides is 1. The number of fused-ring (bicyclic) bond motifs is 1. The van der Waals surface area contributed by atoms with Gasteiger partial charge in [0, 0.05) is 12.2 Å². The highest BCUT2D eigenvalue weighted by Gasteiger charge is 2.32. The van der Waals surface area contributed by atoms with E-state index < -0.39 is 0 Å². The number of hydrogen-bond acceptors (Lipinski definition) is 3. The summed E-state index contributed by atoms with van der Waals surface area (Å²) in [5.74, 6) is 0.810. The molecule has 1 unspecified atom stereocenters. The Morgan fingerprint density at radius 3 is 2.41 bits per heavy atom. The molecule has 1 aliphatic heterocycles. The zero-order valence-electron chi connectivity index (χ0n) is 16.5. The van der Waals surface area contributed by atoms with E-state index in [1.54, 1.807) is 0 Å². The third-order valence-electron chi connectivity index (χ3n) is 4.90. The van der Waals surface area contributed by atoms with Gasteiger partial charge in [-0.05, 0) is 47.9 Å². The molecule has 3 aromatic rings. The number of ether oxygens (including phenoxy) is 1. The van der Waals surface area contributed by atoms with Crippen LogP contribution < -0.4 is 10.1 Å². The summed E-state index contributed by atoms with van der Waals surface area (Å²) in [6.07, 6.45) is -0.257. The predicted octanol–water partition coefficient (Wildman–Crippen LogP) is 5.41. The van der Waals surface area contributed by atoms with Gasteiger partial charge in [-0.15, -0.1) is 0 Å². The second-order valence-electron chi connectivity index (χ2n) is 7.33. The van der Waals surface area contributed by atoms with Gasteiger partial charge in [-0.25, -0.2) is 0 Å². The van der Waals surface area contributed by atoms with Crippen LogP contribution in [0, 0.1) is 0 Å². The number of carbonyl (C=O) groups excluding carboxylic acids is 1. The maximum Gasteiger partial charge on any atom is 0.258 e. The van der Waals surface area contributed by atoms with Crippen LogP contribution in [-0.2, 0) is 6.54 Å². The van der Waals surface area contributed by atoms with E-state index >= 15 is 0 Å². The number of hydrogen-bond donors (Lipinski definition) is 1. The Bertz CT molecular complexity index is 1010. The minimum Gasteiger partial charge on any atom is -0.489 e. The molecule has 0 fully saturated rings. The lowest BCUT2D eigenvalue weighted by atomic mass is 10.0. The van der Waals surface area contributed by atoms with E-state index in [0.29, 0.717) is 18.7 Å². The smallest absolute Gasteiger partial charge is 0.258 e. The molecule has 0 saturated heterocycles. The van der Waals surface area contributed by atoms with Gasteiger partial charge in [0.1, 0.15) is 18.5 Å². The highest BCUT2D eigenvalue weighted by atomic mass is 16.5. The van der Waals surface area contributed by atoms with Gasteiger partial charge < -0.3 is 15.0 Å². The van der Waals surface area contributed by atoms with E-state index in [1.807, 2.05) is 90.7 Å². The van der Waals surface area contributed by atoms with Crippen molar-refractivity contribution in [3.05, 3.63) is 108 Å². The fourth-order valence-corrected chi connectivity index (χ4v) is 3.45. The first-order valence-electron chi connectivity index (χ1n) is 9.69. The quantitative estimate of drug-likeness (QED) is 0.578. The Kier molecular flexibility index (Phi) is 5.34. The second-order valence-corrected chi connectivity index (χ2v) is 7.33. The van der Waals surface area contributed by atoms with Crippen LogP contribution in [0.4, 0.5) is 5.69 Å². The van der Waals surface area contributed by atoms with Gasteiger partial charge in [0.15, 0.2) is 0 Å². The first kappa shape index (κ1) is 18.8. The lowest BCUT2D eigenvalue weighted by Crippen LogP contribution is -2.42. The normalized spacial score (nSPS) is 15.4. The fourth-order valence-electron chi connectivity index (χ4n) is 3.45. The maximum atomic E-state index is 13.3. The molecule has 0 aliphatic carbocycles. The van der Waals surface area contributed by atoms with Crippen LogP contribution in [0.1, 0.15) is 34.6 Å². The van der Waals surface area contributed by atoms with Crippen LogP contribution in [0.25, 0.3) is 0 Å².